The van der Waals surface area contributed by atoms with Crippen LogP contribution < -0.4 is 6.15 Å². The van der Waals surface area contributed by atoms with Crippen molar-refractivity contribution < 1.29 is 65.4 Å². The molecule has 0 fully saturated rings. The van der Waals surface area contributed by atoms with Crippen LogP contribution in [-0.2, 0) is 65.4 Å². The van der Waals surface area contributed by atoms with E-state index in [0.717, 1.165) is 0 Å². The average Bonchev–Trinajstić information content (AvgIpc) is 1.00. The van der Waals surface area contributed by atoms with Crippen molar-refractivity contribution in [2.45, 2.75) is 13.8 Å². The Labute approximate surface area is 98.7 Å². The second-order valence-electron chi connectivity index (χ2n) is 0. The van der Waals surface area contributed by atoms with Crippen molar-refractivity contribution in [2.24, 2.45) is 0 Å². The van der Waals surface area contributed by atoms with Crippen LogP contribution in [0.4, 0.5) is 0 Å². The summed E-state index contributed by atoms with van der Waals surface area (Å²) in [6.45, 7) is 4.00. The van der Waals surface area contributed by atoms with Crippen LogP contribution in [-0.4, -0.2) is 0 Å². The molecule has 0 saturated heterocycles. The SMILES string of the molecule is CC.N.[CH3-].[CH3-].[Y].[Y]. The zero-order chi connectivity index (χ0) is 2.00. The van der Waals surface area contributed by atoms with Gasteiger partial charge in [-0.05, 0) is 0 Å². The summed E-state index contributed by atoms with van der Waals surface area (Å²) in [7, 11) is 0. The first kappa shape index (κ1) is 60.9. The number of rotatable bonds is 0. The minimum Gasteiger partial charge on any atom is -0.358 e. The molecule has 0 rings (SSSR count). The maximum Gasteiger partial charge on any atom is 0 e. The molecule has 1 nitrogen and oxygen atoms in total. The van der Waals surface area contributed by atoms with Crippen molar-refractivity contribution in [1.29, 1.82) is 0 Å². The monoisotopic (exact) mass is 255 g/mol. The summed E-state index contributed by atoms with van der Waals surface area (Å²) in [5.41, 5.74) is 0. The van der Waals surface area contributed by atoms with E-state index in [2.05, 4.69) is 0 Å². The van der Waals surface area contributed by atoms with Crippen LogP contribution in [0.5, 0.6) is 0 Å². The molecule has 0 spiro atoms. The molecule has 0 aromatic rings. The topological polar surface area (TPSA) is 35.0 Å². The Balaban J connectivity index is -0.000000000500. The van der Waals surface area contributed by atoms with E-state index in [1.807, 2.05) is 13.8 Å². The maximum atomic E-state index is 2.00. The number of hydrogen-bond donors (Lipinski definition) is 1. The van der Waals surface area contributed by atoms with Crippen LogP contribution >= 0.6 is 0 Å². The summed E-state index contributed by atoms with van der Waals surface area (Å²) in [5, 5.41) is 0. The van der Waals surface area contributed by atoms with Gasteiger partial charge in [-0.3, -0.25) is 0 Å². The first-order valence-corrected chi connectivity index (χ1v) is 1.00. The first-order chi connectivity index (χ1) is 1.00. The molecule has 0 aliphatic carbocycles. The van der Waals surface area contributed by atoms with E-state index in [4.69, 9.17) is 0 Å². The Morgan fingerprint density at radius 3 is 0.714 bits per heavy atom. The summed E-state index contributed by atoms with van der Waals surface area (Å²) in [6, 6.07) is 0. The van der Waals surface area contributed by atoms with Gasteiger partial charge in [0.2, 0.25) is 0 Å². The van der Waals surface area contributed by atoms with Crippen molar-refractivity contribution >= 4 is 0 Å². The molecule has 0 aromatic carbocycles. The molecule has 0 saturated carbocycles. The van der Waals surface area contributed by atoms with E-state index in [1.54, 1.807) is 0 Å². The molecule has 0 heterocycles. The van der Waals surface area contributed by atoms with Gasteiger partial charge in [-0.2, -0.15) is 0 Å². The van der Waals surface area contributed by atoms with Gasteiger partial charge in [0, 0.05) is 65.4 Å². The normalized spacial score (nSPS) is 0.857. The van der Waals surface area contributed by atoms with Gasteiger partial charge in [0.25, 0.3) is 0 Å². The first-order valence-electron chi connectivity index (χ1n) is 1.00. The Bertz CT molecular complexity index is 9.65. The third kappa shape index (κ3) is 66.1. The van der Waals surface area contributed by atoms with Crippen LogP contribution in [0, 0.1) is 14.9 Å². The molecule has 3 heteroatoms. The zero-order valence-corrected chi connectivity index (χ0v) is 11.5. The molecule has 3 N–H and O–H groups in total. The second kappa shape index (κ2) is 89.3. The van der Waals surface area contributed by atoms with Crippen molar-refractivity contribution in [3.63, 3.8) is 0 Å². The quantitative estimate of drug-likeness (QED) is 0.661. The van der Waals surface area contributed by atoms with Gasteiger partial charge in [-0.25, -0.2) is 0 Å². The van der Waals surface area contributed by atoms with E-state index in [-0.39, 0.29) is 86.4 Å². The molecule has 44 valence electrons. The summed E-state index contributed by atoms with van der Waals surface area (Å²) >= 11 is 0. The molecule has 0 aliphatic heterocycles. The van der Waals surface area contributed by atoms with Gasteiger partial charge in [-0.15, -0.1) is 0 Å². The van der Waals surface area contributed by atoms with E-state index in [0.29, 0.717) is 0 Å². The smallest absolute Gasteiger partial charge is 0 e. The van der Waals surface area contributed by atoms with Crippen LogP contribution in [0.15, 0.2) is 0 Å². The predicted octanol–water partition coefficient (Wildman–Crippen LogP) is 2.08. The van der Waals surface area contributed by atoms with Crippen molar-refractivity contribution in [3.8, 4) is 0 Å². The Morgan fingerprint density at radius 1 is 0.714 bits per heavy atom. The molecule has 0 aromatic heterocycles. The molecular weight excluding hydrogens is 240 g/mol. The molecule has 2 radical (unpaired) electrons. The van der Waals surface area contributed by atoms with E-state index >= 15 is 0 Å². The van der Waals surface area contributed by atoms with Crippen LogP contribution in [0.3, 0.4) is 0 Å². The maximum absolute atomic E-state index is 2.00. The molecule has 0 bridgehead atoms. The molecule has 0 amide bonds. The minimum atomic E-state index is 0. The third-order valence-electron chi connectivity index (χ3n) is 0. The molecule has 7 heavy (non-hydrogen) atoms. The Hall–Kier alpha value is 2.17. The fourth-order valence-corrected chi connectivity index (χ4v) is 0. The van der Waals surface area contributed by atoms with E-state index < -0.39 is 0 Å². The van der Waals surface area contributed by atoms with Gasteiger partial charge in [0.15, 0.2) is 0 Å². The minimum absolute atomic E-state index is 0. The average molecular weight is 255 g/mol. The van der Waals surface area contributed by atoms with Crippen molar-refractivity contribution in [2.75, 3.05) is 0 Å². The van der Waals surface area contributed by atoms with Crippen molar-refractivity contribution in [3.05, 3.63) is 14.9 Å². The Kier molecular flexibility index (Phi) is 778. The Morgan fingerprint density at radius 2 is 0.714 bits per heavy atom. The van der Waals surface area contributed by atoms with Crippen LogP contribution in [0.1, 0.15) is 13.8 Å². The summed E-state index contributed by atoms with van der Waals surface area (Å²) < 4.78 is 0. The van der Waals surface area contributed by atoms with E-state index in [1.165, 1.54) is 0 Å². The molecule has 0 unspecified atom stereocenters. The summed E-state index contributed by atoms with van der Waals surface area (Å²) in [4.78, 5) is 0. The van der Waals surface area contributed by atoms with Gasteiger partial charge in [0.05, 0.1) is 0 Å². The second-order valence-corrected chi connectivity index (χ2v) is 0. The largest absolute Gasteiger partial charge is 0.358 e. The van der Waals surface area contributed by atoms with Gasteiger partial charge >= 0.3 is 0 Å². The summed E-state index contributed by atoms with van der Waals surface area (Å²) in [6.07, 6.45) is 0. The van der Waals surface area contributed by atoms with Crippen LogP contribution in [0.25, 0.3) is 0 Å². The third-order valence-corrected chi connectivity index (χ3v) is 0. The van der Waals surface area contributed by atoms with Gasteiger partial charge < -0.3 is 21.0 Å². The van der Waals surface area contributed by atoms with Gasteiger partial charge in [-0.1, -0.05) is 13.8 Å². The van der Waals surface area contributed by atoms with Crippen LogP contribution in [0.2, 0.25) is 0 Å². The van der Waals surface area contributed by atoms with Gasteiger partial charge in [0.1, 0.15) is 0 Å². The standard InChI is InChI=1S/C2H6.2CH3.H3N.2Y/c1-2;;;;;/h1-2H3;3*1H3;;/q;2*-1;;;. The fraction of sp³-hybridized carbons (Fsp3) is 0.500. The predicted molar refractivity (Wildman–Crippen MR) is 29.2 cm³/mol. The van der Waals surface area contributed by atoms with E-state index in [9.17, 15) is 0 Å². The number of hydrogen-bond acceptors (Lipinski definition) is 1. The molecule has 0 aliphatic rings. The molecular formula is C4H15NY2-2. The fourth-order valence-electron chi connectivity index (χ4n) is 0. The summed E-state index contributed by atoms with van der Waals surface area (Å²) in [5.74, 6) is 0. The zero-order valence-electron chi connectivity index (χ0n) is 5.86. The van der Waals surface area contributed by atoms with Crippen molar-refractivity contribution in [1.82, 2.24) is 6.15 Å². The molecule has 0 atom stereocenters.